The molecule has 4 heteroatoms. The summed E-state index contributed by atoms with van der Waals surface area (Å²) in [6, 6.07) is 5.54. The molecule has 1 aliphatic rings. The molecule has 0 spiro atoms. The Morgan fingerprint density at radius 1 is 1.43 bits per heavy atom. The van der Waals surface area contributed by atoms with Gasteiger partial charge in [-0.3, -0.25) is 0 Å². The van der Waals surface area contributed by atoms with Gasteiger partial charge in [0.05, 0.1) is 0 Å². The van der Waals surface area contributed by atoms with Crippen LogP contribution in [-0.2, 0) is 0 Å². The molecule has 0 aliphatic heterocycles. The lowest BCUT2D eigenvalue weighted by molar-refractivity contribution is 0.0869. The number of aryl methyl sites for hydroxylation is 1. The summed E-state index contributed by atoms with van der Waals surface area (Å²) < 4.78 is 5.60. The van der Waals surface area contributed by atoms with Crippen LogP contribution in [-0.4, -0.2) is 30.9 Å². The molecule has 1 aromatic carbocycles. The lowest BCUT2D eigenvalue weighted by Crippen LogP contribution is -2.42. The van der Waals surface area contributed by atoms with Crippen LogP contribution in [0.4, 0.5) is 0 Å². The van der Waals surface area contributed by atoms with Gasteiger partial charge in [-0.15, -0.1) is 0 Å². The van der Waals surface area contributed by atoms with Crippen LogP contribution in [0.3, 0.4) is 0 Å². The molecule has 0 radical (unpaired) electrons. The Labute approximate surface area is 132 Å². The maximum Gasteiger partial charge on any atom is 0.119 e. The maximum atomic E-state index is 9.98. The highest BCUT2D eigenvalue weighted by Gasteiger charge is 2.34. The number of halogens is 1. The molecule has 1 aliphatic carbocycles. The molecule has 1 saturated carbocycles. The molecule has 0 aromatic heterocycles. The van der Waals surface area contributed by atoms with Crippen LogP contribution in [0.1, 0.15) is 38.2 Å². The van der Waals surface area contributed by atoms with Crippen molar-refractivity contribution < 1.29 is 9.84 Å². The second-order valence-electron chi connectivity index (χ2n) is 6.21. The Morgan fingerprint density at radius 3 is 2.76 bits per heavy atom. The van der Waals surface area contributed by atoms with E-state index in [0.29, 0.717) is 18.6 Å². The zero-order chi connectivity index (χ0) is 15.3. The summed E-state index contributed by atoms with van der Waals surface area (Å²) in [5.74, 6) is 0.750. The molecule has 2 rings (SSSR count). The van der Waals surface area contributed by atoms with E-state index in [4.69, 9.17) is 16.3 Å². The molecule has 21 heavy (non-hydrogen) atoms. The van der Waals surface area contributed by atoms with Crippen molar-refractivity contribution in [3.63, 3.8) is 0 Å². The van der Waals surface area contributed by atoms with Gasteiger partial charge in [0.15, 0.2) is 0 Å². The molecule has 0 bridgehead atoms. The topological polar surface area (TPSA) is 41.5 Å². The molecular formula is C17H26ClNO2. The van der Waals surface area contributed by atoms with Crippen LogP contribution in [0.2, 0.25) is 5.02 Å². The average molecular weight is 312 g/mol. The summed E-state index contributed by atoms with van der Waals surface area (Å²) in [7, 11) is 0. The molecule has 2 N–H and O–H groups in total. The molecular weight excluding hydrogens is 286 g/mol. The van der Waals surface area contributed by atoms with E-state index in [2.05, 4.69) is 12.2 Å². The number of aliphatic hydroxyl groups excluding tert-OH is 1. The lowest BCUT2D eigenvalue weighted by Gasteiger charge is -2.41. The third kappa shape index (κ3) is 4.60. The van der Waals surface area contributed by atoms with Gasteiger partial charge < -0.3 is 15.2 Å². The molecule has 0 saturated heterocycles. The first-order valence-corrected chi connectivity index (χ1v) is 8.20. The molecule has 1 fully saturated rings. The van der Waals surface area contributed by atoms with Crippen molar-refractivity contribution in [2.24, 2.45) is 5.41 Å². The van der Waals surface area contributed by atoms with Crippen LogP contribution >= 0.6 is 11.6 Å². The van der Waals surface area contributed by atoms with Crippen LogP contribution in [0.25, 0.3) is 0 Å². The summed E-state index contributed by atoms with van der Waals surface area (Å²) in [4.78, 5) is 0. The predicted octanol–water partition coefficient (Wildman–Crippen LogP) is 3.56. The molecule has 1 atom stereocenters. The van der Waals surface area contributed by atoms with E-state index >= 15 is 0 Å². The highest BCUT2D eigenvalue weighted by Crippen LogP contribution is 2.42. The van der Waals surface area contributed by atoms with E-state index in [1.165, 1.54) is 25.7 Å². The smallest absolute Gasteiger partial charge is 0.119 e. The number of rotatable bonds is 8. The fraction of sp³-hybridized carbons (Fsp3) is 0.647. The van der Waals surface area contributed by atoms with Crippen molar-refractivity contribution in [3.05, 3.63) is 28.8 Å². The minimum Gasteiger partial charge on any atom is -0.491 e. The first-order valence-electron chi connectivity index (χ1n) is 7.82. The Bertz CT molecular complexity index is 455. The number of hydrogen-bond donors (Lipinski definition) is 2. The minimum absolute atomic E-state index is 0.299. The van der Waals surface area contributed by atoms with Gasteiger partial charge in [-0.25, -0.2) is 0 Å². The lowest BCUT2D eigenvalue weighted by atomic mass is 9.67. The summed E-state index contributed by atoms with van der Waals surface area (Å²) in [6.45, 7) is 6.07. The van der Waals surface area contributed by atoms with Crippen molar-refractivity contribution in [2.75, 3.05) is 19.7 Å². The van der Waals surface area contributed by atoms with Crippen molar-refractivity contribution in [1.82, 2.24) is 5.32 Å². The van der Waals surface area contributed by atoms with Crippen molar-refractivity contribution in [3.8, 4) is 5.75 Å². The Kier molecular flexibility index (Phi) is 5.91. The molecule has 0 heterocycles. The largest absolute Gasteiger partial charge is 0.491 e. The van der Waals surface area contributed by atoms with Gasteiger partial charge >= 0.3 is 0 Å². The standard InChI is InChI=1S/C17H26ClNO2/c1-3-17(7-4-8-17)12-19-10-14(20)11-21-15-5-6-16(18)13(2)9-15/h5-6,9,14,19-20H,3-4,7-8,10-12H2,1-2H3. The highest BCUT2D eigenvalue weighted by atomic mass is 35.5. The summed E-state index contributed by atoms with van der Waals surface area (Å²) in [5, 5.41) is 14.1. The SMILES string of the molecule is CCC1(CNCC(O)COc2ccc(Cl)c(C)c2)CCC1. The van der Waals surface area contributed by atoms with Crippen molar-refractivity contribution in [2.45, 2.75) is 45.6 Å². The van der Waals surface area contributed by atoms with E-state index in [1.54, 1.807) is 0 Å². The van der Waals surface area contributed by atoms with E-state index in [0.717, 1.165) is 22.9 Å². The van der Waals surface area contributed by atoms with E-state index in [-0.39, 0.29) is 0 Å². The highest BCUT2D eigenvalue weighted by molar-refractivity contribution is 6.31. The Morgan fingerprint density at radius 2 is 2.19 bits per heavy atom. The first kappa shape index (κ1) is 16.6. The van der Waals surface area contributed by atoms with Crippen LogP contribution in [0, 0.1) is 12.3 Å². The Hall–Kier alpha value is -0.770. The monoisotopic (exact) mass is 311 g/mol. The van der Waals surface area contributed by atoms with Crippen LogP contribution < -0.4 is 10.1 Å². The van der Waals surface area contributed by atoms with E-state index in [9.17, 15) is 5.11 Å². The number of hydrogen-bond acceptors (Lipinski definition) is 3. The first-order chi connectivity index (χ1) is 10.0. The van der Waals surface area contributed by atoms with E-state index in [1.807, 2.05) is 25.1 Å². The zero-order valence-electron chi connectivity index (χ0n) is 13.0. The summed E-state index contributed by atoms with van der Waals surface area (Å²) in [6.07, 6.45) is 4.70. The van der Waals surface area contributed by atoms with Gasteiger partial charge in [0.1, 0.15) is 18.5 Å². The molecule has 118 valence electrons. The maximum absolute atomic E-state index is 9.98. The number of aliphatic hydroxyl groups is 1. The van der Waals surface area contributed by atoms with Gasteiger partial charge in [0.2, 0.25) is 0 Å². The van der Waals surface area contributed by atoms with Gasteiger partial charge in [-0.05, 0) is 55.4 Å². The second-order valence-corrected chi connectivity index (χ2v) is 6.62. The minimum atomic E-state index is -0.491. The van der Waals surface area contributed by atoms with E-state index < -0.39 is 6.10 Å². The average Bonchev–Trinajstić information content (AvgIpc) is 2.43. The molecule has 3 nitrogen and oxygen atoms in total. The normalized spacial score (nSPS) is 18.1. The third-order valence-corrected chi connectivity index (χ3v) is 5.04. The predicted molar refractivity (Wildman–Crippen MR) is 87.1 cm³/mol. The molecule has 1 unspecified atom stereocenters. The fourth-order valence-corrected chi connectivity index (χ4v) is 2.91. The van der Waals surface area contributed by atoms with Gasteiger partial charge in [0, 0.05) is 18.1 Å². The van der Waals surface area contributed by atoms with Crippen LogP contribution in [0.5, 0.6) is 5.75 Å². The summed E-state index contributed by atoms with van der Waals surface area (Å²) in [5.41, 5.74) is 1.46. The van der Waals surface area contributed by atoms with Gasteiger partial charge in [-0.1, -0.05) is 24.9 Å². The Balaban J connectivity index is 1.67. The second kappa shape index (κ2) is 7.48. The number of ether oxygens (including phenoxy) is 1. The van der Waals surface area contributed by atoms with Gasteiger partial charge in [-0.2, -0.15) is 0 Å². The van der Waals surface area contributed by atoms with Crippen molar-refractivity contribution >= 4 is 11.6 Å². The summed E-state index contributed by atoms with van der Waals surface area (Å²) >= 11 is 5.97. The molecule has 0 amide bonds. The quantitative estimate of drug-likeness (QED) is 0.771. The van der Waals surface area contributed by atoms with Gasteiger partial charge in [0.25, 0.3) is 0 Å². The number of nitrogens with one attached hydrogen (secondary N) is 1. The van der Waals surface area contributed by atoms with Crippen molar-refractivity contribution in [1.29, 1.82) is 0 Å². The third-order valence-electron chi connectivity index (χ3n) is 4.62. The fourth-order valence-electron chi connectivity index (χ4n) is 2.79. The molecule has 1 aromatic rings. The van der Waals surface area contributed by atoms with Crippen LogP contribution in [0.15, 0.2) is 18.2 Å². The number of benzene rings is 1. The zero-order valence-corrected chi connectivity index (χ0v) is 13.7.